The molecule has 0 bridgehead atoms. The van der Waals surface area contributed by atoms with E-state index in [9.17, 15) is 20.2 Å². The van der Waals surface area contributed by atoms with Crippen LogP contribution in [0, 0.1) is 27.2 Å². The molecule has 1 rings (SSSR count). The number of hydrogen-bond donors (Lipinski definition) is 0. The highest BCUT2D eigenvalue weighted by atomic mass is 16.6. The molecule has 0 unspecified atom stereocenters. The van der Waals surface area contributed by atoms with Crippen molar-refractivity contribution in [1.82, 2.24) is 0 Å². The quantitative estimate of drug-likeness (QED) is 0.256. The highest BCUT2D eigenvalue weighted by molar-refractivity contribution is 5.61. The van der Waals surface area contributed by atoms with Crippen LogP contribution in [-0.4, -0.2) is 9.85 Å². The summed E-state index contributed by atoms with van der Waals surface area (Å²) in [5, 5.41) is 24.3. The predicted molar refractivity (Wildman–Crippen MR) is 53.3 cm³/mol. The number of nitro groups is 2. The lowest BCUT2D eigenvalue weighted by Crippen LogP contribution is -1.97. The minimum absolute atomic E-state index is 0.0770. The van der Waals surface area contributed by atoms with E-state index in [1.165, 1.54) is 6.92 Å². The largest absolute Gasteiger partial charge is 0.279 e. The van der Waals surface area contributed by atoms with Crippen LogP contribution in [0.4, 0.5) is 17.1 Å². The van der Waals surface area contributed by atoms with E-state index in [2.05, 4.69) is 10.0 Å². The summed E-state index contributed by atoms with van der Waals surface area (Å²) in [4.78, 5) is 22.1. The van der Waals surface area contributed by atoms with Gasteiger partial charge >= 0.3 is 0 Å². The number of rotatable bonds is 3. The Morgan fingerprint density at radius 2 is 1.69 bits per heavy atom. The SMILES string of the molecule is Cc1c([N+](=O)[O-])cc(N=[N+]=[N-])cc1[N+](=O)[O-]. The minimum atomic E-state index is -0.765. The van der Waals surface area contributed by atoms with Gasteiger partial charge in [-0.25, -0.2) is 0 Å². The number of nitrogens with zero attached hydrogens (tertiary/aromatic N) is 5. The molecule has 0 amide bonds. The van der Waals surface area contributed by atoms with Crippen molar-refractivity contribution in [3.8, 4) is 0 Å². The lowest BCUT2D eigenvalue weighted by Gasteiger charge is -2.00. The summed E-state index contributed by atoms with van der Waals surface area (Å²) in [6.45, 7) is 1.26. The smallest absolute Gasteiger partial charge is 0.258 e. The van der Waals surface area contributed by atoms with Crippen molar-refractivity contribution in [2.45, 2.75) is 6.92 Å². The van der Waals surface area contributed by atoms with E-state index in [1.807, 2.05) is 0 Å². The van der Waals surface area contributed by atoms with E-state index in [0.717, 1.165) is 12.1 Å². The highest BCUT2D eigenvalue weighted by Crippen LogP contribution is 2.32. The van der Waals surface area contributed by atoms with E-state index in [0.29, 0.717) is 0 Å². The maximum atomic E-state index is 10.6. The maximum absolute atomic E-state index is 10.6. The van der Waals surface area contributed by atoms with Gasteiger partial charge in [0.2, 0.25) is 0 Å². The van der Waals surface area contributed by atoms with Crippen LogP contribution in [0.15, 0.2) is 17.2 Å². The van der Waals surface area contributed by atoms with Crippen LogP contribution in [0.3, 0.4) is 0 Å². The molecule has 16 heavy (non-hydrogen) atoms. The first-order valence-electron chi connectivity index (χ1n) is 3.96. The van der Waals surface area contributed by atoms with Gasteiger partial charge in [-0.05, 0) is 12.5 Å². The standard InChI is InChI=1S/C7H5N5O4/c1-4-6(11(13)14)2-5(9-10-8)3-7(4)12(15)16/h2-3H,1H3. The van der Waals surface area contributed by atoms with Crippen molar-refractivity contribution in [2.75, 3.05) is 0 Å². The zero-order valence-electron chi connectivity index (χ0n) is 8.02. The molecule has 9 heteroatoms. The van der Waals surface area contributed by atoms with Crippen molar-refractivity contribution >= 4 is 17.1 Å². The lowest BCUT2D eigenvalue weighted by atomic mass is 10.1. The van der Waals surface area contributed by atoms with Crippen LogP contribution in [0.2, 0.25) is 0 Å². The van der Waals surface area contributed by atoms with E-state index < -0.39 is 21.2 Å². The van der Waals surface area contributed by atoms with Crippen molar-refractivity contribution in [2.24, 2.45) is 5.11 Å². The van der Waals surface area contributed by atoms with Crippen LogP contribution < -0.4 is 0 Å². The molecule has 0 aliphatic carbocycles. The molecule has 0 aliphatic rings. The van der Waals surface area contributed by atoms with Crippen LogP contribution in [-0.2, 0) is 0 Å². The van der Waals surface area contributed by atoms with E-state index in [-0.39, 0.29) is 11.3 Å². The first-order chi connectivity index (χ1) is 7.47. The summed E-state index contributed by atoms with van der Waals surface area (Å²) in [5.41, 5.74) is 7.03. The van der Waals surface area contributed by atoms with Gasteiger partial charge in [0.1, 0.15) is 5.56 Å². The van der Waals surface area contributed by atoms with Crippen LogP contribution in [0.5, 0.6) is 0 Å². The third-order valence-electron chi connectivity index (χ3n) is 1.89. The van der Waals surface area contributed by atoms with Crippen molar-refractivity contribution < 1.29 is 9.85 Å². The van der Waals surface area contributed by atoms with Gasteiger partial charge in [0, 0.05) is 17.0 Å². The molecule has 0 heterocycles. The van der Waals surface area contributed by atoms with Gasteiger partial charge in [0.25, 0.3) is 11.4 Å². The van der Waals surface area contributed by atoms with Crippen LogP contribution >= 0.6 is 0 Å². The van der Waals surface area contributed by atoms with Crippen molar-refractivity contribution in [3.05, 3.63) is 48.4 Å². The Bertz CT molecular complexity index is 485. The molecule has 1 aromatic rings. The Labute approximate surface area is 88.2 Å². The summed E-state index contributed by atoms with van der Waals surface area (Å²) in [6, 6.07) is 1.98. The van der Waals surface area contributed by atoms with Gasteiger partial charge < -0.3 is 0 Å². The zero-order chi connectivity index (χ0) is 12.3. The van der Waals surface area contributed by atoms with Gasteiger partial charge in [-0.3, -0.25) is 20.2 Å². The second-order valence-corrected chi connectivity index (χ2v) is 2.81. The summed E-state index contributed by atoms with van der Waals surface area (Å²) in [7, 11) is 0. The molecule has 0 N–H and O–H groups in total. The molecule has 0 saturated heterocycles. The van der Waals surface area contributed by atoms with Gasteiger partial charge in [-0.2, -0.15) is 0 Å². The predicted octanol–water partition coefficient (Wildman–Crippen LogP) is 2.75. The Morgan fingerprint density at radius 3 is 2.00 bits per heavy atom. The Morgan fingerprint density at radius 1 is 1.25 bits per heavy atom. The number of azide groups is 1. The first-order valence-corrected chi connectivity index (χ1v) is 3.96. The summed E-state index contributed by atoms with van der Waals surface area (Å²) in [6.07, 6.45) is 0. The van der Waals surface area contributed by atoms with E-state index >= 15 is 0 Å². The third kappa shape index (κ3) is 2.04. The summed E-state index contributed by atoms with van der Waals surface area (Å²) >= 11 is 0. The van der Waals surface area contributed by atoms with Crippen LogP contribution in [0.1, 0.15) is 5.56 Å². The fourth-order valence-electron chi connectivity index (χ4n) is 1.16. The minimum Gasteiger partial charge on any atom is -0.258 e. The molecule has 0 aromatic heterocycles. The monoisotopic (exact) mass is 223 g/mol. The molecule has 9 nitrogen and oxygen atoms in total. The van der Waals surface area contributed by atoms with E-state index in [4.69, 9.17) is 5.53 Å². The molecular formula is C7H5N5O4. The molecule has 1 aromatic carbocycles. The fourth-order valence-corrected chi connectivity index (χ4v) is 1.16. The first kappa shape index (κ1) is 11.4. The number of nitro benzene ring substituents is 2. The van der Waals surface area contributed by atoms with Crippen molar-refractivity contribution in [3.63, 3.8) is 0 Å². The normalized spacial score (nSPS) is 9.31. The number of hydrogen-bond acceptors (Lipinski definition) is 5. The molecular weight excluding hydrogens is 218 g/mol. The summed E-state index contributed by atoms with van der Waals surface area (Å²) < 4.78 is 0. The van der Waals surface area contributed by atoms with Gasteiger partial charge in [-0.1, -0.05) is 5.11 Å². The molecule has 0 atom stereocenters. The molecule has 0 aliphatic heterocycles. The second-order valence-electron chi connectivity index (χ2n) is 2.81. The average Bonchev–Trinajstić information content (AvgIpc) is 2.19. The third-order valence-corrected chi connectivity index (χ3v) is 1.89. The van der Waals surface area contributed by atoms with Crippen molar-refractivity contribution in [1.29, 1.82) is 0 Å². The Balaban J connectivity index is 3.56. The average molecular weight is 223 g/mol. The Hall–Kier alpha value is -2.67. The van der Waals surface area contributed by atoms with Crippen LogP contribution in [0.25, 0.3) is 10.4 Å². The summed E-state index contributed by atoms with van der Waals surface area (Å²) in [5.74, 6) is 0. The molecule has 0 fully saturated rings. The van der Waals surface area contributed by atoms with E-state index in [1.54, 1.807) is 0 Å². The Kier molecular flexibility index (Phi) is 3.02. The molecule has 0 radical (unpaired) electrons. The molecule has 0 spiro atoms. The lowest BCUT2D eigenvalue weighted by molar-refractivity contribution is -0.395. The van der Waals surface area contributed by atoms with Gasteiger partial charge in [0.15, 0.2) is 0 Å². The number of benzene rings is 1. The maximum Gasteiger partial charge on any atom is 0.279 e. The fraction of sp³-hybridized carbons (Fsp3) is 0.143. The topological polar surface area (TPSA) is 135 Å². The molecule has 0 saturated carbocycles. The highest BCUT2D eigenvalue weighted by Gasteiger charge is 2.22. The second kappa shape index (κ2) is 4.24. The van der Waals surface area contributed by atoms with Gasteiger partial charge in [-0.15, -0.1) is 0 Å². The molecule has 82 valence electrons. The zero-order valence-corrected chi connectivity index (χ0v) is 8.02. The van der Waals surface area contributed by atoms with Gasteiger partial charge in [0.05, 0.1) is 15.5 Å².